The van der Waals surface area contributed by atoms with Crippen molar-refractivity contribution in [1.82, 2.24) is 9.97 Å². The summed E-state index contributed by atoms with van der Waals surface area (Å²) in [6.45, 7) is 0.993. The van der Waals surface area contributed by atoms with E-state index >= 15 is 0 Å². The number of nitrogens with zero attached hydrogens (tertiary/aromatic N) is 1. The minimum absolute atomic E-state index is 0.0904. The quantitative estimate of drug-likeness (QED) is 0.450. The lowest BCUT2D eigenvalue weighted by atomic mass is 10.2. The number of nitrogens with one attached hydrogen (secondary N) is 2. The van der Waals surface area contributed by atoms with Crippen LogP contribution in [0, 0.1) is 0 Å². The first-order valence-electron chi connectivity index (χ1n) is 6.31. The van der Waals surface area contributed by atoms with E-state index in [1.807, 2.05) is 0 Å². The SMILES string of the molecule is COCCCNc1cc2nc(CO)c(=O)[nH]c2cc1N. The maximum atomic E-state index is 11.6. The first kappa shape index (κ1) is 14.3. The highest BCUT2D eigenvalue weighted by molar-refractivity contribution is 5.86. The molecule has 0 radical (unpaired) electrons. The van der Waals surface area contributed by atoms with Gasteiger partial charge >= 0.3 is 0 Å². The summed E-state index contributed by atoms with van der Waals surface area (Å²) in [6, 6.07) is 3.41. The smallest absolute Gasteiger partial charge is 0.272 e. The van der Waals surface area contributed by atoms with Gasteiger partial charge < -0.3 is 25.9 Å². The van der Waals surface area contributed by atoms with Crippen molar-refractivity contribution in [1.29, 1.82) is 0 Å². The molecular weight excluding hydrogens is 260 g/mol. The number of aliphatic hydroxyl groups is 1. The molecule has 0 saturated carbocycles. The van der Waals surface area contributed by atoms with Gasteiger partial charge in [-0.05, 0) is 18.6 Å². The summed E-state index contributed by atoms with van der Waals surface area (Å²) in [6.07, 6.45) is 0.856. The molecule has 2 rings (SSSR count). The molecule has 2 aromatic rings. The van der Waals surface area contributed by atoms with Crippen LogP contribution < -0.4 is 16.6 Å². The number of ether oxygens (including phenoxy) is 1. The monoisotopic (exact) mass is 278 g/mol. The summed E-state index contributed by atoms with van der Waals surface area (Å²) in [4.78, 5) is 18.3. The Balaban J connectivity index is 2.30. The van der Waals surface area contributed by atoms with E-state index < -0.39 is 12.2 Å². The van der Waals surface area contributed by atoms with Crippen molar-refractivity contribution in [2.24, 2.45) is 0 Å². The highest BCUT2D eigenvalue weighted by atomic mass is 16.5. The molecule has 1 aromatic carbocycles. The topological polar surface area (TPSA) is 113 Å². The Kier molecular flexibility index (Phi) is 4.54. The number of hydrogen-bond donors (Lipinski definition) is 4. The third-order valence-corrected chi connectivity index (χ3v) is 2.92. The highest BCUT2D eigenvalue weighted by Gasteiger charge is 2.07. The van der Waals surface area contributed by atoms with Crippen molar-refractivity contribution in [3.8, 4) is 0 Å². The Morgan fingerprint density at radius 1 is 1.50 bits per heavy atom. The zero-order valence-corrected chi connectivity index (χ0v) is 11.3. The van der Waals surface area contributed by atoms with E-state index in [1.165, 1.54) is 0 Å². The molecule has 0 saturated heterocycles. The average molecular weight is 278 g/mol. The molecule has 0 bridgehead atoms. The predicted molar refractivity (Wildman–Crippen MR) is 77.7 cm³/mol. The zero-order chi connectivity index (χ0) is 14.5. The summed E-state index contributed by atoms with van der Waals surface area (Å²) in [5, 5.41) is 12.3. The fraction of sp³-hybridized carbons (Fsp3) is 0.385. The molecule has 0 aliphatic heterocycles. The third-order valence-electron chi connectivity index (χ3n) is 2.92. The Bertz CT molecular complexity index is 654. The molecule has 0 unspecified atom stereocenters. The number of aliphatic hydroxyl groups excluding tert-OH is 1. The Labute approximate surface area is 115 Å². The van der Waals surface area contributed by atoms with E-state index in [4.69, 9.17) is 15.6 Å². The minimum Gasteiger partial charge on any atom is -0.397 e. The van der Waals surface area contributed by atoms with Crippen LogP contribution in [0.25, 0.3) is 11.0 Å². The first-order chi connectivity index (χ1) is 9.65. The second-order valence-electron chi connectivity index (χ2n) is 4.40. The van der Waals surface area contributed by atoms with Crippen LogP contribution in [0.3, 0.4) is 0 Å². The van der Waals surface area contributed by atoms with Gasteiger partial charge in [0.2, 0.25) is 0 Å². The molecule has 108 valence electrons. The molecule has 0 aliphatic rings. The summed E-state index contributed by atoms with van der Waals surface area (Å²) in [7, 11) is 1.65. The average Bonchev–Trinajstić information content (AvgIpc) is 2.43. The fourth-order valence-electron chi connectivity index (χ4n) is 1.89. The van der Waals surface area contributed by atoms with E-state index in [9.17, 15) is 4.79 Å². The number of aromatic amines is 1. The van der Waals surface area contributed by atoms with Crippen molar-refractivity contribution in [2.75, 3.05) is 31.3 Å². The highest BCUT2D eigenvalue weighted by Crippen LogP contribution is 2.23. The largest absolute Gasteiger partial charge is 0.397 e. The Morgan fingerprint density at radius 3 is 3.00 bits per heavy atom. The number of methoxy groups -OCH3 is 1. The molecule has 1 aromatic heterocycles. The van der Waals surface area contributed by atoms with E-state index in [2.05, 4.69) is 15.3 Å². The number of hydrogen-bond acceptors (Lipinski definition) is 6. The zero-order valence-electron chi connectivity index (χ0n) is 11.3. The minimum atomic E-state index is -0.403. The van der Waals surface area contributed by atoms with E-state index in [0.717, 1.165) is 18.7 Å². The van der Waals surface area contributed by atoms with Crippen LogP contribution >= 0.6 is 0 Å². The second-order valence-corrected chi connectivity index (χ2v) is 4.40. The van der Waals surface area contributed by atoms with Crippen LogP contribution in [-0.4, -0.2) is 35.3 Å². The number of nitrogens with two attached hydrogens (primary N) is 1. The summed E-state index contributed by atoms with van der Waals surface area (Å²) < 4.78 is 4.97. The van der Waals surface area contributed by atoms with E-state index in [0.29, 0.717) is 23.3 Å². The van der Waals surface area contributed by atoms with Gasteiger partial charge in [0.15, 0.2) is 0 Å². The molecule has 0 spiro atoms. The molecule has 1 heterocycles. The lowest BCUT2D eigenvalue weighted by molar-refractivity contribution is 0.198. The number of nitrogen functional groups attached to an aromatic ring is 1. The number of aromatic nitrogens is 2. The van der Waals surface area contributed by atoms with Crippen molar-refractivity contribution >= 4 is 22.4 Å². The van der Waals surface area contributed by atoms with Gasteiger partial charge in [-0.1, -0.05) is 0 Å². The van der Waals surface area contributed by atoms with E-state index in [1.54, 1.807) is 19.2 Å². The normalized spacial score (nSPS) is 10.9. The maximum Gasteiger partial charge on any atom is 0.272 e. The van der Waals surface area contributed by atoms with Crippen molar-refractivity contribution < 1.29 is 9.84 Å². The Morgan fingerprint density at radius 2 is 2.30 bits per heavy atom. The van der Waals surface area contributed by atoms with Crippen molar-refractivity contribution in [2.45, 2.75) is 13.0 Å². The molecule has 7 heteroatoms. The number of rotatable bonds is 6. The molecular formula is C13H18N4O3. The Hall–Kier alpha value is -2.12. The van der Waals surface area contributed by atoms with E-state index in [-0.39, 0.29) is 5.69 Å². The maximum absolute atomic E-state index is 11.6. The molecule has 0 amide bonds. The van der Waals surface area contributed by atoms with Crippen LogP contribution in [-0.2, 0) is 11.3 Å². The number of H-pyrrole nitrogens is 1. The number of anilines is 2. The predicted octanol–water partition coefficient (Wildman–Crippen LogP) is 0.446. The molecule has 0 aliphatic carbocycles. The van der Waals surface area contributed by atoms with Gasteiger partial charge in [0.05, 0.1) is 29.0 Å². The van der Waals surface area contributed by atoms with Gasteiger partial charge in [-0.15, -0.1) is 0 Å². The van der Waals surface area contributed by atoms with Gasteiger partial charge in [0, 0.05) is 20.3 Å². The summed E-state index contributed by atoms with van der Waals surface area (Å²) in [5.74, 6) is 0. The molecule has 0 fully saturated rings. The second kappa shape index (κ2) is 6.36. The van der Waals surface area contributed by atoms with Gasteiger partial charge in [-0.25, -0.2) is 4.98 Å². The lowest BCUT2D eigenvalue weighted by Gasteiger charge is -2.10. The molecule has 20 heavy (non-hydrogen) atoms. The lowest BCUT2D eigenvalue weighted by Crippen LogP contribution is -2.15. The number of benzene rings is 1. The third kappa shape index (κ3) is 3.06. The molecule has 7 nitrogen and oxygen atoms in total. The fourth-order valence-corrected chi connectivity index (χ4v) is 1.89. The van der Waals surface area contributed by atoms with Crippen molar-refractivity contribution in [3.63, 3.8) is 0 Å². The van der Waals surface area contributed by atoms with Gasteiger partial charge in [-0.3, -0.25) is 4.79 Å². The standard InChI is InChI=1S/C13H18N4O3/c1-20-4-2-3-15-9-6-11-10(5-8(9)14)17-13(19)12(7-18)16-11/h5-6,15,18H,2-4,7,14H2,1H3,(H,17,19). The van der Waals surface area contributed by atoms with Gasteiger partial charge in [-0.2, -0.15) is 0 Å². The molecule has 5 N–H and O–H groups in total. The molecule has 0 atom stereocenters. The first-order valence-corrected chi connectivity index (χ1v) is 6.31. The van der Waals surface area contributed by atoms with Crippen LogP contribution in [0.4, 0.5) is 11.4 Å². The van der Waals surface area contributed by atoms with Crippen LogP contribution in [0.15, 0.2) is 16.9 Å². The van der Waals surface area contributed by atoms with Crippen molar-refractivity contribution in [3.05, 3.63) is 28.2 Å². The van der Waals surface area contributed by atoms with Crippen LogP contribution in [0.2, 0.25) is 0 Å². The summed E-state index contributed by atoms with van der Waals surface area (Å²) in [5.41, 5.74) is 8.02. The van der Waals surface area contributed by atoms with Gasteiger partial charge in [0.25, 0.3) is 5.56 Å². The summed E-state index contributed by atoms with van der Waals surface area (Å²) >= 11 is 0. The number of fused-ring (bicyclic) bond motifs is 1. The van der Waals surface area contributed by atoms with Crippen LogP contribution in [0.1, 0.15) is 12.1 Å². The van der Waals surface area contributed by atoms with Crippen LogP contribution in [0.5, 0.6) is 0 Å². The van der Waals surface area contributed by atoms with Gasteiger partial charge in [0.1, 0.15) is 5.69 Å².